The molecule has 5 heteroatoms. The van der Waals surface area contributed by atoms with E-state index in [0.717, 1.165) is 37.2 Å². The van der Waals surface area contributed by atoms with Crippen molar-refractivity contribution in [2.24, 2.45) is 0 Å². The lowest BCUT2D eigenvalue weighted by molar-refractivity contribution is -0.129. The van der Waals surface area contributed by atoms with Gasteiger partial charge in [-0.25, -0.2) is 4.98 Å². The summed E-state index contributed by atoms with van der Waals surface area (Å²) >= 11 is 7.58. The van der Waals surface area contributed by atoms with Crippen molar-refractivity contribution in [2.45, 2.75) is 25.0 Å². The minimum absolute atomic E-state index is 0.250. The van der Waals surface area contributed by atoms with Gasteiger partial charge in [0.25, 0.3) is 0 Å². The lowest BCUT2D eigenvalue weighted by Gasteiger charge is -2.26. The van der Waals surface area contributed by atoms with Crippen LogP contribution < -0.4 is 0 Å². The molecule has 0 unspecified atom stereocenters. The molecule has 0 aliphatic carbocycles. The molecular formula is C13H17ClN2OS. The molecule has 98 valence electrons. The highest BCUT2D eigenvalue weighted by molar-refractivity contribution is 7.99. The molecule has 1 aromatic rings. The van der Waals surface area contributed by atoms with Gasteiger partial charge in [0.05, 0.1) is 5.75 Å². The Balaban J connectivity index is 1.75. The fourth-order valence-corrected chi connectivity index (χ4v) is 3.19. The molecule has 3 nitrogen and oxygen atoms in total. The highest BCUT2D eigenvalue weighted by atomic mass is 35.5. The van der Waals surface area contributed by atoms with Crippen LogP contribution in [0.25, 0.3) is 0 Å². The van der Waals surface area contributed by atoms with Crippen molar-refractivity contribution < 1.29 is 4.79 Å². The number of pyridine rings is 1. The monoisotopic (exact) mass is 284 g/mol. The maximum atomic E-state index is 11.9. The fraction of sp³-hybridized carbons (Fsp3) is 0.538. The van der Waals surface area contributed by atoms with Gasteiger partial charge in [-0.2, -0.15) is 0 Å². The molecule has 2 rings (SSSR count). The first-order chi connectivity index (χ1) is 8.77. The van der Waals surface area contributed by atoms with Crippen LogP contribution in [0.3, 0.4) is 0 Å². The minimum Gasteiger partial charge on any atom is -0.342 e. The molecule has 0 N–H and O–H groups in total. The molecule has 0 saturated carbocycles. The molecule has 0 aromatic carbocycles. The molecule has 1 saturated heterocycles. The fourth-order valence-electron chi connectivity index (χ4n) is 2.01. The Morgan fingerprint density at radius 3 is 2.89 bits per heavy atom. The average molecular weight is 285 g/mol. The van der Waals surface area contributed by atoms with Crippen LogP contribution in [-0.4, -0.2) is 34.6 Å². The summed E-state index contributed by atoms with van der Waals surface area (Å²) < 4.78 is 0. The molecule has 0 radical (unpaired) electrons. The number of likely N-dealkylation sites (tertiary alicyclic amines) is 1. The largest absolute Gasteiger partial charge is 0.342 e. The summed E-state index contributed by atoms with van der Waals surface area (Å²) in [5.74, 6) is 1.53. The third-order valence-corrected chi connectivity index (χ3v) is 4.33. The van der Waals surface area contributed by atoms with E-state index in [0.29, 0.717) is 10.9 Å². The van der Waals surface area contributed by atoms with E-state index in [1.165, 1.54) is 6.42 Å². The first-order valence-corrected chi connectivity index (χ1v) is 7.75. The highest BCUT2D eigenvalue weighted by Gasteiger charge is 2.16. The normalized spacial score (nSPS) is 15.7. The Hall–Kier alpha value is -0.740. The highest BCUT2D eigenvalue weighted by Crippen LogP contribution is 2.19. The number of hydrogen-bond acceptors (Lipinski definition) is 3. The Bertz CT molecular complexity index is 408. The zero-order chi connectivity index (χ0) is 12.8. The molecule has 18 heavy (non-hydrogen) atoms. The van der Waals surface area contributed by atoms with Crippen LogP contribution in [0.15, 0.2) is 18.3 Å². The Morgan fingerprint density at radius 2 is 2.17 bits per heavy atom. The Morgan fingerprint density at radius 1 is 1.39 bits per heavy atom. The molecule has 2 heterocycles. The van der Waals surface area contributed by atoms with Crippen LogP contribution in [-0.2, 0) is 10.5 Å². The van der Waals surface area contributed by atoms with Gasteiger partial charge in [0, 0.05) is 25.0 Å². The van der Waals surface area contributed by atoms with Crippen molar-refractivity contribution in [3.8, 4) is 0 Å². The number of halogens is 1. The molecule has 0 atom stereocenters. The predicted octanol–water partition coefficient (Wildman–Crippen LogP) is 2.98. The van der Waals surface area contributed by atoms with E-state index < -0.39 is 0 Å². The summed E-state index contributed by atoms with van der Waals surface area (Å²) in [6, 6.07) is 3.82. The molecule has 0 bridgehead atoms. The quantitative estimate of drug-likeness (QED) is 0.797. The summed E-state index contributed by atoms with van der Waals surface area (Å²) in [4.78, 5) is 17.9. The maximum absolute atomic E-state index is 11.9. The molecule has 1 fully saturated rings. The maximum Gasteiger partial charge on any atom is 0.232 e. The summed E-state index contributed by atoms with van der Waals surface area (Å²) in [6.07, 6.45) is 5.22. The molecule has 1 amide bonds. The third-order valence-electron chi connectivity index (χ3n) is 3.03. The van der Waals surface area contributed by atoms with Crippen LogP contribution in [0.4, 0.5) is 0 Å². The van der Waals surface area contributed by atoms with E-state index >= 15 is 0 Å². The SMILES string of the molecule is O=C(CSCc1cccnc1Cl)N1CCCCC1. The van der Waals surface area contributed by atoms with Crippen LogP contribution >= 0.6 is 23.4 Å². The van der Waals surface area contributed by atoms with Gasteiger partial charge in [-0.15, -0.1) is 11.8 Å². The van der Waals surface area contributed by atoms with E-state index in [9.17, 15) is 4.79 Å². The van der Waals surface area contributed by atoms with Crippen molar-refractivity contribution in [1.29, 1.82) is 0 Å². The number of hydrogen-bond donors (Lipinski definition) is 0. The number of piperidine rings is 1. The number of amides is 1. The minimum atomic E-state index is 0.250. The second-order valence-electron chi connectivity index (χ2n) is 4.39. The molecule has 1 aliphatic heterocycles. The predicted molar refractivity (Wildman–Crippen MR) is 75.8 cm³/mol. The van der Waals surface area contributed by atoms with E-state index in [4.69, 9.17) is 11.6 Å². The van der Waals surface area contributed by atoms with E-state index in [1.807, 2.05) is 17.0 Å². The van der Waals surface area contributed by atoms with Crippen LogP contribution in [0.1, 0.15) is 24.8 Å². The molecular weight excluding hydrogens is 268 g/mol. The number of nitrogens with zero attached hydrogens (tertiary/aromatic N) is 2. The van der Waals surface area contributed by atoms with E-state index in [-0.39, 0.29) is 5.91 Å². The van der Waals surface area contributed by atoms with E-state index in [1.54, 1.807) is 18.0 Å². The van der Waals surface area contributed by atoms with Gasteiger partial charge in [0.1, 0.15) is 5.15 Å². The lowest BCUT2D eigenvalue weighted by atomic mass is 10.1. The van der Waals surface area contributed by atoms with Crippen molar-refractivity contribution in [2.75, 3.05) is 18.8 Å². The van der Waals surface area contributed by atoms with Gasteiger partial charge in [-0.3, -0.25) is 4.79 Å². The summed E-state index contributed by atoms with van der Waals surface area (Å²) in [7, 11) is 0. The number of thioether (sulfide) groups is 1. The van der Waals surface area contributed by atoms with Gasteiger partial charge in [-0.1, -0.05) is 17.7 Å². The standard InChI is InChI=1S/C13H17ClN2OS/c14-13-11(5-4-6-15-13)9-18-10-12(17)16-7-2-1-3-8-16/h4-6H,1-3,7-10H2. The van der Waals surface area contributed by atoms with Gasteiger partial charge < -0.3 is 4.90 Å². The van der Waals surface area contributed by atoms with Gasteiger partial charge in [-0.05, 0) is 30.9 Å². The second kappa shape index (κ2) is 7.00. The lowest BCUT2D eigenvalue weighted by Crippen LogP contribution is -2.36. The molecule has 0 spiro atoms. The first kappa shape index (κ1) is 13.7. The summed E-state index contributed by atoms with van der Waals surface area (Å²) in [5, 5.41) is 0.537. The van der Waals surface area contributed by atoms with Crippen molar-refractivity contribution >= 4 is 29.3 Å². The molecule has 1 aliphatic rings. The van der Waals surface area contributed by atoms with Gasteiger partial charge in [0.15, 0.2) is 0 Å². The van der Waals surface area contributed by atoms with Gasteiger partial charge >= 0.3 is 0 Å². The number of carbonyl (C=O) groups excluding carboxylic acids is 1. The van der Waals surface area contributed by atoms with Crippen LogP contribution in [0.2, 0.25) is 5.15 Å². The number of carbonyl (C=O) groups is 1. The van der Waals surface area contributed by atoms with Crippen molar-refractivity contribution in [3.63, 3.8) is 0 Å². The Kier molecular flexibility index (Phi) is 5.32. The summed E-state index contributed by atoms with van der Waals surface area (Å²) in [5.41, 5.74) is 0.996. The van der Waals surface area contributed by atoms with Crippen LogP contribution in [0.5, 0.6) is 0 Å². The van der Waals surface area contributed by atoms with E-state index in [2.05, 4.69) is 4.98 Å². The van der Waals surface area contributed by atoms with Crippen molar-refractivity contribution in [3.05, 3.63) is 29.0 Å². The zero-order valence-corrected chi connectivity index (χ0v) is 11.8. The third kappa shape index (κ3) is 3.89. The molecule has 1 aromatic heterocycles. The van der Waals surface area contributed by atoms with Gasteiger partial charge in [0.2, 0.25) is 5.91 Å². The summed E-state index contributed by atoms with van der Waals surface area (Å²) in [6.45, 7) is 1.85. The van der Waals surface area contributed by atoms with Crippen molar-refractivity contribution in [1.82, 2.24) is 9.88 Å². The average Bonchev–Trinajstić information content (AvgIpc) is 2.42. The number of rotatable bonds is 4. The van der Waals surface area contributed by atoms with Crippen LogP contribution in [0, 0.1) is 0 Å². The number of aromatic nitrogens is 1. The zero-order valence-electron chi connectivity index (χ0n) is 10.3. The Labute approximate surface area is 117 Å². The topological polar surface area (TPSA) is 33.2 Å². The second-order valence-corrected chi connectivity index (χ2v) is 5.73. The smallest absolute Gasteiger partial charge is 0.232 e. The first-order valence-electron chi connectivity index (χ1n) is 6.22.